The highest BCUT2D eigenvalue weighted by Crippen LogP contribution is 2.43. The Bertz CT molecular complexity index is 1150. The van der Waals surface area contributed by atoms with Gasteiger partial charge in [0, 0.05) is 13.1 Å². The number of anilines is 1. The van der Waals surface area contributed by atoms with Gasteiger partial charge in [0.2, 0.25) is 0 Å². The molecule has 2 fully saturated rings. The van der Waals surface area contributed by atoms with Crippen LogP contribution in [0.1, 0.15) is 67.7 Å². The first-order chi connectivity index (χ1) is 15.5. The van der Waals surface area contributed by atoms with E-state index in [0.717, 1.165) is 58.6 Å². The quantitative estimate of drug-likeness (QED) is 0.514. The Morgan fingerprint density at radius 3 is 2.59 bits per heavy atom. The molecule has 1 aliphatic heterocycles. The molecule has 32 heavy (non-hydrogen) atoms. The number of ether oxygens (including phenoxy) is 1. The highest BCUT2D eigenvalue weighted by molar-refractivity contribution is 5.99. The number of carbonyl (C=O) groups excluding carboxylic acids is 1. The van der Waals surface area contributed by atoms with Gasteiger partial charge in [-0.25, -0.2) is 14.5 Å². The van der Waals surface area contributed by atoms with Crippen LogP contribution in [0.3, 0.4) is 0 Å². The van der Waals surface area contributed by atoms with Gasteiger partial charge in [-0.3, -0.25) is 0 Å². The molecule has 2 atom stereocenters. The molecular formula is C26H32N4O2. The fraction of sp³-hybridized carbons (Fsp3) is 0.500. The standard InChI is InChI=1S/C26H32N4O2/c1-5-32-26(31)21-13-22(29-14-18-9-7-10-19(18)15-29)23-24(16(2)3)28-30(25(23)27-21)20-11-6-8-17(4)12-20/h6,8,11-13,16,18-19H,5,7,9-10,14-15H2,1-4H3. The number of pyridine rings is 1. The van der Waals surface area contributed by atoms with Crippen LogP contribution in [0, 0.1) is 18.8 Å². The van der Waals surface area contributed by atoms with E-state index in [2.05, 4.69) is 37.8 Å². The predicted molar refractivity (Wildman–Crippen MR) is 127 cm³/mol. The molecule has 168 valence electrons. The van der Waals surface area contributed by atoms with E-state index in [1.165, 1.54) is 19.3 Å². The largest absolute Gasteiger partial charge is 0.461 e. The third kappa shape index (κ3) is 3.55. The SMILES string of the molecule is CCOC(=O)c1cc(N2CC3CCCC3C2)c2c(C(C)C)nn(-c3cccc(C)c3)c2n1. The van der Waals surface area contributed by atoms with E-state index >= 15 is 0 Å². The molecule has 0 radical (unpaired) electrons. The fourth-order valence-electron chi connectivity index (χ4n) is 5.46. The fourth-order valence-corrected chi connectivity index (χ4v) is 5.46. The van der Waals surface area contributed by atoms with Crippen molar-refractivity contribution in [1.29, 1.82) is 0 Å². The first kappa shape index (κ1) is 21.0. The van der Waals surface area contributed by atoms with Gasteiger partial charge in [0.15, 0.2) is 11.3 Å². The summed E-state index contributed by atoms with van der Waals surface area (Å²) in [5.41, 5.74) is 5.31. The second kappa shape index (κ2) is 8.23. The number of nitrogens with zero attached hydrogens (tertiary/aromatic N) is 4. The van der Waals surface area contributed by atoms with Crippen LogP contribution in [0.5, 0.6) is 0 Å². The lowest BCUT2D eigenvalue weighted by atomic mass is 10.0. The molecular weight excluding hydrogens is 400 g/mol. The van der Waals surface area contributed by atoms with Gasteiger partial charge >= 0.3 is 5.97 Å². The first-order valence-corrected chi connectivity index (χ1v) is 11.9. The van der Waals surface area contributed by atoms with Crippen LogP contribution < -0.4 is 4.90 Å². The lowest BCUT2D eigenvalue weighted by Crippen LogP contribution is -2.22. The molecule has 3 aromatic rings. The molecule has 1 saturated heterocycles. The minimum Gasteiger partial charge on any atom is -0.461 e. The molecule has 1 saturated carbocycles. The van der Waals surface area contributed by atoms with E-state index in [9.17, 15) is 4.79 Å². The maximum Gasteiger partial charge on any atom is 0.357 e. The van der Waals surface area contributed by atoms with Crippen LogP contribution in [0.2, 0.25) is 0 Å². The summed E-state index contributed by atoms with van der Waals surface area (Å²) in [5.74, 6) is 1.36. The summed E-state index contributed by atoms with van der Waals surface area (Å²) >= 11 is 0. The van der Waals surface area contributed by atoms with E-state index in [0.29, 0.717) is 12.3 Å². The molecule has 2 aromatic heterocycles. The predicted octanol–water partition coefficient (Wildman–Crippen LogP) is 5.27. The van der Waals surface area contributed by atoms with Crippen LogP contribution >= 0.6 is 0 Å². The van der Waals surface area contributed by atoms with Gasteiger partial charge in [-0.15, -0.1) is 0 Å². The van der Waals surface area contributed by atoms with E-state index in [1.54, 1.807) is 0 Å². The summed E-state index contributed by atoms with van der Waals surface area (Å²) in [6.07, 6.45) is 3.95. The Morgan fingerprint density at radius 1 is 1.19 bits per heavy atom. The van der Waals surface area contributed by atoms with Crippen LogP contribution in [0.25, 0.3) is 16.7 Å². The number of fused-ring (bicyclic) bond motifs is 2. The van der Waals surface area contributed by atoms with Gasteiger partial charge < -0.3 is 9.64 Å². The summed E-state index contributed by atoms with van der Waals surface area (Å²) < 4.78 is 7.24. The number of carbonyl (C=O) groups is 1. The van der Waals surface area contributed by atoms with Crippen LogP contribution in [-0.4, -0.2) is 40.4 Å². The normalized spacial score (nSPS) is 20.3. The highest BCUT2D eigenvalue weighted by atomic mass is 16.5. The molecule has 6 nitrogen and oxygen atoms in total. The van der Waals surface area contributed by atoms with Crippen LogP contribution in [0.4, 0.5) is 5.69 Å². The van der Waals surface area contributed by atoms with E-state index in [1.807, 2.05) is 29.8 Å². The molecule has 0 bridgehead atoms. The molecule has 2 unspecified atom stereocenters. The summed E-state index contributed by atoms with van der Waals surface area (Å²) in [5, 5.41) is 6.09. The maximum absolute atomic E-state index is 12.8. The third-order valence-electron chi connectivity index (χ3n) is 6.99. The minimum atomic E-state index is -0.377. The molecule has 1 aliphatic carbocycles. The average Bonchev–Trinajstić information content (AvgIpc) is 3.46. The van der Waals surface area contributed by atoms with Crippen molar-refractivity contribution < 1.29 is 9.53 Å². The van der Waals surface area contributed by atoms with Gasteiger partial charge in [-0.1, -0.05) is 32.4 Å². The Morgan fingerprint density at radius 2 is 1.94 bits per heavy atom. The van der Waals surface area contributed by atoms with Crippen molar-refractivity contribution in [2.75, 3.05) is 24.6 Å². The lowest BCUT2D eigenvalue weighted by molar-refractivity contribution is 0.0520. The molecule has 0 N–H and O–H groups in total. The zero-order chi connectivity index (χ0) is 22.4. The van der Waals surface area contributed by atoms with Crippen molar-refractivity contribution in [1.82, 2.24) is 14.8 Å². The summed E-state index contributed by atoms with van der Waals surface area (Å²) in [6.45, 7) is 10.7. The lowest BCUT2D eigenvalue weighted by Gasteiger charge is -2.22. The van der Waals surface area contributed by atoms with Gasteiger partial charge in [0.1, 0.15) is 0 Å². The van der Waals surface area contributed by atoms with Crippen molar-refractivity contribution in [2.24, 2.45) is 11.8 Å². The molecule has 5 rings (SSSR count). The van der Waals surface area contributed by atoms with E-state index < -0.39 is 0 Å². The second-order valence-corrected chi connectivity index (χ2v) is 9.59. The van der Waals surface area contributed by atoms with Gasteiger partial charge in [-0.2, -0.15) is 5.10 Å². The van der Waals surface area contributed by atoms with Crippen molar-refractivity contribution in [3.05, 3.63) is 47.3 Å². The molecule has 3 heterocycles. The van der Waals surface area contributed by atoms with Crippen molar-refractivity contribution >= 4 is 22.7 Å². The van der Waals surface area contributed by atoms with Crippen LogP contribution in [-0.2, 0) is 4.74 Å². The Hall–Kier alpha value is -2.89. The maximum atomic E-state index is 12.8. The molecule has 2 aliphatic rings. The van der Waals surface area contributed by atoms with Crippen molar-refractivity contribution in [2.45, 2.75) is 52.9 Å². The topological polar surface area (TPSA) is 60.2 Å². The summed E-state index contributed by atoms with van der Waals surface area (Å²) in [6, 6.07) is 10.2. The second-order valence-electron chi connectivity index (χ2n) is 9.59. The minimum absolute atomic E-state index is 0.236. The number of benzene rings is 1. The Labute approximate surface area is 189 Å². The molecule has 0 spiro atoms. The van der Waals surface area contributed by atoms with Gasteiger partial charge in [-0.05, 0) is 68.2 Å². The smallest absolute Gasteiger partial charge is 0.357 e. The van der Waals surface area contributed by atoms with Crippen molar-refractivity contribution in [3.8, 4) is 5.69 Å². The number of aryl methyl sites for hydroxylation is 1. The van der Waals surface area contributed by atoms with E-state index in [-0.39, 0.29) is 11.9 Å². The third-order valence-corrected chi connectivity index (χ3v) is 6.99. The van der Waals surface area contributed by atoms with Gasteiger partial charge in [0.05, 0.1) is 29.1 Å². The Balaban J connectivity index is 1.74. The monoisotopic (exact) mass is 432 g/mol. The first-order valence-electron chi connectivity index (χ1n) is 11.9. The number of rotatable bonds is 5. The van der Waals surface area contributed by atoms with E-state index in [4.69, 9.17) is 14.8 Å². The number of hydrogen-bond acceptors (Lipinski definition) is 5. The van der Waals surface area contributed by atoms with Gasteiger partial charge in [0.25, 0.3) is 0 Å². The zero-order valence-corrected chi connectivity index (χ0v) is 19.5. The van der Waals surface area contributed by atoms with Crippen LogP contribution in [0.15, 0.2) is 30.3 Å². The number of hydrogen-bond donors (Lipinski definition) is 0. The molecule has 6 heteroatoms. The van der Waals surface area contributed by atoms with Crippen molar-refractivity contribution in [3.63, 3.8) is 0 Å². The molecule has 0 amide bonds. The summed E-state index contributed by atoms with van der Waals surface area (Å²) in [7, 11) is 0. The molecule has 1 aromatic carbocycles. The Kier molecular flexibility index (Phi) is 5.39. The average molecular weight is 433 g/mol. The number of aromatic nitrogens is 3. The number of esters is 1. The zero-order valence-electron chi connectivity index (χ0n) is 19.5. The summed E-state index contributed by atoms with van der Waals surface area (Å²) in [4.78, 5) is 20.0. The highest BCUT2D eigenvalue weighted by Gasteiger charge is 2.38.